The molecular weight excluding hydrogens is 516 g/mol. The first-order chi connectivity index (χ1) is 17.9. The van der Waals surface area contributed by atoms with Crippen LogP contribution in [0.15, 0.2) is 30.5 Å². The number of H-pyrrole nitrogens is 1. The summed E-state index contributed by atoms with van der Waals surface area (Å²) in [5.74, 6) is -4.26. The molecule has 1 aromatic heterocycles. The zero-order chi connectivity index (χ0) is 28.4. The smallest absolute Gasteiger partial charge is 0.326 e. The molecule has 0 saturated carbocycles. The summed E-state index contributed by atoms with van der Waals surface area (Å²) in [5, 5.41) is 27.6. The summed E-state index contributed by atoms with van der Waals surface area (Å²) >= 11 is 1.48. The molecule has 0 saturated heterocycles. The Hall–Kier alpha value is -3.62. The second-order valence-electron chi connectivity index (χ2n) is 8.81. The molecule has 0 bridgehead atoms. The van der Waals surface area contributed by atoms with E-state index in [1.165, 1.54) is 18.7 Å². The van der Waals surface area contributed by atoms with E-state index in [0.29, 0.717) is 17.7 Å². The van der Waals surface area contributed by atoms with Crippen LogP contribution in [0, 0.1) is 0 Å². The van der Waals surface area contributed by atoms with Crippen molar-refractivity contribution in [1.82, 2.24) is 20.9 Å². The third-order valence-electron chi connectivity index (χ3n) is 5.78. The summed E-state index contributed by atoms with van der Waals surface area (Å²) in [7, 11) is 0. The van der Waals surface area contributed by atoms with E-state index < -0.39 is 66.3 Å². The molecule has 0 spiro atoms. The first kappa shape index (κ1) is 30.6. The molecule has 2 rings (SSSR count). The van der Waals surface area contributed by atoms with Crippen molar-refractivity contribution < 1.29 is 34.2 Å². The van der Waals surface area contributed by atoms with Gasteiger partial charge < -0.3 is 42.6 Å². The topological polar surface area (TPSA) is 230 Å². The summed E-state index contributed by atoms with van der Waals surface area (Å²) in [6.07, 6.45) is 1.70. The lowest BCUT2D eigenvalue weighted by molar-refractivity contribution is -0.143. The second kappa shape index (κ2) is 14.4. The van der Waals surface area contributed by atoms with Crippen LogP contribution in [-0.4, -0.2) is 87.1 Å². The summed E-state index contributed by atoms with van der Waals surface area (Å²) in [6, 6.07) is 1.87. The maximum Gasteiger partial charge on any atom is 0.326 e. The Bertz CT molecular complexity index is 1150. The third kappa shape index (κ3) is 8.75. The summed E-state index contributed by atoms with van der Waals surface area (Å²) in [5.41, 5.74) is 12.5. The molecule has 0 fully saturated rings. The summed E-state index contributed by atoms with van der Waals surface area (Å²) < 4.78 is 0. The monoisotopic (exact) mass is 550 g/mol. The molecule has 0 aliphatic heterocycles. The number of rotatable bonds is 15. The number of aliphatic hydroxyl groups excluding tert-OH is 1. The van der Waals surface area contributed by atoms with E-state index in [1.807, 2.05) is 18.4 Å². The van der Waals surface area contributed by atoms with Crippen molar-refractivity contribution in [3.63, 3.8) is 0 Å². The van der Waals surface area contributed by atoms with Crippen LogP contribution in [0.5, 0.6) is 0 Å². The van der Waals surface area contributed by atoms with Crippen LogP contribution in [0.3, 0.4) is 0 Å². The first-order valence-corrected chi connectivity index (χ1v) is 13.2. The second-order valence-corrected chi connectivity index (χ2v) is 9.80. The number of aliphatic carboxylic acids is 1. The van der Waals surface area contributed by atoms with Gasteiger partial charge >= 0.3 is 5.97 Å². The van der Waals surface area contributed by atoms with Gasteiger partial charge in [-0.3, -0.25) is 19.2 Å². The summed E-state index contributed by atoms with van der Waals surface area (Å²) in [4.78, 5) is 64.7. The van der Waals surface area contributed by atoms with E-state index in [0.717, 1.165) is 10.9 Å². The quantitative estimate of drug-likeness (QED) is 0.130. The third-order valence-corrected chi connectivity index (χ3v) is 6.43. The fourth-order valence-corrected chi connectivity index (χ4v) is 4.20. The number of benzene rings is 1. The van der Waals surface area contributed by atoms with Gasteiger partial charge in [-0.05, 0) is 37.0 Å². The molecular formula is C24H34N6O7S. The minimum atomic E-state index is -1.59. The van der Waals surface area contributed by atoms with Gasteiger partial charge in [-0.15, -0.1) is 0 Å². The van der Waals surface area contributed by atoms with E-state index in [4.69, 9.17) is 11.5 Å². The molecule has 0 aliphatic carbocycles. The first-order valence-electron chi connectivity index (χ1n) is 11.8. The van der Waals surface area contributed by atoms with Gasteiger partial charge in [0, 0.05) is 23.5 Å². The number of carboxylic acid groups (broad SMARTS) is 1. The Kier molecular flexibility index (Phi) is 11.6. The number of fused-ring (bicyclic) bond motifs is 1. The number of thioether (sulfide) groups is 1. The zero-order valence-corrected chi connectivity index (χ0v) is 21.9. The van der Waals surface area contributed by atoms with Gasteiger partial charge in [0.05, 0.1) is 18.6 Å². The minimum absolute atomic E-state index is 0.0696. The van der Waals surface area contributed by atoms with Gasteiger partial charge in [-0.1, -0.05) is 18.2 Å². The number of aromatic amines is 1. The van der Waals surface area contributed by atoms with E-state index in [9.17, 15) is 34.2 Å². The van der Waals surface area contributed by atoms with Crippen molar-refractivity contribution in [2.75, 3.05) is 12.0 Å². The number of primary amides is 1. The Balaban J connectivity index is 2.14. The van der Waals surface area contributed by atoms with Crippen LogP contribution in [0.25, 0.3) is 10.9 Å². The average Bonchev–Trinajstić information content (AvgIpc) is 3.26. The number of nitrogens with two attached hydrogens (primary N) is 2. The minimum Gasteiger partial charge on any atom is -0.480 e. The number of aromatic nitrogens is 1. The largest absolute Gasteiger partial charge is 0.480 e. The predicted octanol–water partition coefficient (Wildman–Crippen LogP) is -1.41. The van der Waals surface area contributed by atoms with Gasteiger partial charge in [0.15, 0.2) is 0 Å². The molecule has 0 radical (unpaired) electrons. The van der Waals surface area contributed by atoms with Crippen LogP contribution >= 0.6 is 11.8 Å². The van der Waals surface area contributed by atoms with Crippen LogP contribution in [-0.2, 0) is 30.4 Å². The summed E-state index contributed by atoms with van der Waals surface area (Å²) in [6.45, 7) is 1.22. The van der Waals surface area contributed by atoms with Crippen molar-refractivity contribution in [2.24, 2.45) is 11.5 Å². The van der Waals surface area contributed by atoms with Gasteiger partial charge in [-0.25, -0.2) is 4.79 Å². The van der Waals surface area contributed by atoms with Crippen LogP contribution < -0.4 is 27.4 Å². The van der Waals surface area contributed by atoms with E-state index in [2.05, 4.69) is 20.9 Å². The fraction of sp³-hybridized carbons (Fsp3) is 0.458. The van der Waals surface area contributed by atoms with Crippen LogP contribution in [0.2, 0.25) is 0 Å². The maximum absolute atomic E-state index is 13.0. The lowest BCUT2D eigenvalue weighted by Gasteiger charge is -2.26. The van der Waals surface area contributed by atoms with Gasteiger partial charge in [0.25, 0.3) is 0 Å². The molecule has 0 aliphatic rings. The highest BCUT2D eigenvalue weighted by Crippen LogP contribution is 2.19. The number of carbonyl (C=O) groups excluding carboxylic acids is 4. The van der Waals surface area contributed by atoms with Gasteiger partial charge in [-0.2, -0.15) is 11.8 Å². The molecule has 2 aromatic rings. The lowest BCUT2D eigenvalue weighted by atomic mass is 10.0. The van der Waals surface area contributed by atoms with Gasteiger partial charge in [0.2, 0.25) is 23.6 Å². The Morgan fingerprint density at radius 2 is 1.68 bits per heavy atom. The number of carboxylic acids is 1. The van der Waals surface area contributed by atoms with Crippen molar-refractivity contribution in [3.8, 4) is 0 Å². The average molecular weight is 551 g/mol. The SMILES string of the molecule is CSCCC(N)C(=O)NC(CC(N)=O)C(=O)NC(C(=O)NC(Cc1c[nH]c2ccccc12)C(=O)O)C(C)O. The highest BCUT2D eigenvalue weighted by Gasteiger charge is 2.33. The number of nitrogens with one attached hydrogen (secondary N) is 4. The molecule has 13 nitrogen and oxygen atoms in total. The Morgan fingerprint density at radius 3 is 2.29 bits per heavy atom. The maximum atomic E-state index is 13.0. The van der Waals surface area contributed by atoms with E-state index in [-0.39, 0.29) is 6.42 Å². The van der Waals surface area contributed by atoms with Crippen molar-refractivity contribution >= 4 is 52.3 Å². The highest BCUT2D eigenvalue weighted by atomic mass is 32.2. The standard InChI is InChI=1S/C24H34N6O7S/c1-12(31)20(30-22(34)17(10-19(26)32)28-21(33)15(25)7-8-38-2)23(35)29-18(24(36)37)9-13-11-27-16-6-4-3-5-14(13)16/h3-6,11-12,15,17-18,20,27,31H,7-10,25H2,1-2H3,(H2,26,32)(H,28,33)(H,29,35)(H,30,34)(H,36,37). The molecule has 1 aromatic carbocycles. The molecule has 1 heterocycles. The van der Waals surface area contributed by atoms with Crippen LogP contribution in [0.4, 0.5) is 0 Å². The number of aliphatic hydroxyl groups is 1. The number of hydrogen-bond donors (Lipinski definition) is 8. The highest BCUT2D eigenvalue weighted by molar-refractivity contribution is 7.98. The molecule has 10 N–H and O–H groups in total. The Morgan fingerprint density at radius 1 is 1.03 bits per heavy atom. The number of amides is 4. The molecule has 14 heteroatoms. The molecule has 4 amide bonds. The lowest BCUT2D eigenvalue weighted by Crippen LogP contribution is -2.60. The fourth-order valence-electron chi connectivity index (χ4n) is 3.71. The van der Waals surface area contributed by atoms with Crippen molar-refractivity contribution in [3.05, 3.63) is 36.0 Å². The van der Waals surface area contributed by atoms with E-state index >= 15 is 0 Å². The predicted molar refractivity (Wildman–Crippen MR) is 142 cm³/mol. The van der Waals surface area contributed by atoms with Crippen LogP contribution in [0.1, 0.15) is 25.3 Å². The molecule has 5 atom stereocenters. The molecule has 208 valence electrons. The normalized spacial score (nSPS) is 15.1. The van der Waals surface area contributed by atoms with Crippen molar-refractivity contribution in [2.45, 2.75) is 56.5 Å². The number of carbonyl (C=O) groups is 5. The van der Waals surface area contributed by atoms with Gasteiger partial charge in [0.1, 0.15) is 18.1 Å². The zero-order valence-electron chi connectivity index (χ0n) is 21.1. The molecule has 38 heavy (non-hydrogen) atoms. The van der Waals surface area contributed by atoms with E-state index in [1.54, 1.807) is 18.3 Å². The molecule has 5 unspecified atom stereocenters. The Labute approximate surface area is 223 Å². The van der Waals surface area contributed by atoms with Crippen molar-refractivity contribution in [1.29, 1.82) is 0 Å². The number of para-hydroxylation sites is 1. The number of hydrogen-bond acceptors (Lipinski definition) is 8.